The van der Waals surface area contributed by atoms with E-state index in [1.165, 1.54) is 75.7 Å². The molecular formula is C21H30N2O. The number of ether oxygens (including phenoxy) is 1. The normalized spacial score (nSPS) is 38.6. The highest BCUT2D eigenvalue weighted by Gasteiger charge is 2.51. The Morgan fingerprint density at radius 2 is 1.62 bits per heavy atom. The molecule has 1 aromatic heterocycles. The second kappa shape index (κ2) is 6.01. The molecule has 4 saturated carbocycles. The molecule has 6 rings (SSSR count). The maximum atomic E-state index is 6.57. The van der Waals surface area contributed by atoms with E-state index in [-0.39, 0.29) is 5.60 Å². The van der Waals surface area contributed by atoms with Gasteiger partial charge < -0.3 is 9.72 Å². The molecule has 5 aliphatic rings. The second-order valence-corrected chi connectivity index (χ2v) is 9.01. The summed E-state index contributed by atoms with van der Waals surface area (Å²) in [6.07, 6.45) is 19.9. The van der Waals surface area contributed by atoms with Crippen LogP contribution >= 0.6 is 0 Å². The van der Waals surface area contributed by atoms with Gasteiger partial charge in [-0.25, -0.2) is 4.98 Å². The molecule has 0 unspecified atom stereocenters. The number of aromatic amines is 1. The van der Waals surface area contributed by atoms with Crippen LogP contribution in [0.1, 0.15) is 81.6 Å². The van der Waals surface area contributed by atoms with E-state index in [1.807, 2.05) is 6.20 Å². The van der Waals surface area contributed by atoms with Crippen LogP contribution in [0, 0.1) is 17.8 Å². The first kappa shape index (κ1) is 15.2. The van der Waals surface area contributed by atoms with E-state index < -0.39 is 0 Å². The summed E-state index contributed by atoms with van der Waals surface area (Å²) in [7, 11) is 0. The van der Waals surface area contributed by atoms with E-state index in [0.717, 1.165) is 24.4 Å². The number of hydrogen-bond acceptors (Lipinski definition) is 2. The summed E-state index contributed by atoms with van der Waals surface area (Å²) in [5.74, 6) is 4.63. The standard InChI is InChI=1S/C21H30N2O/c1-2-4-6-18(5-3-1)20-22-13-19(23-20)14-24-21-10-15-7-16(11-21)9-17(8-15)12-21/h1-2,13,15-18H,3-12,14H2,(H,22,23). The van der Waals surface area contributed by atoms with E-state index >= 15 is 0 Å². The van der Waals surface area contributed by atoms with Crippen LogP contribution in [0.2, 0.25) is 0 Å². The lowest BCUT2D eigenvalue weighted by molar-refractivity contribution is -0.169. The second-order valence-electron chi connectivity index (χ2n) is 9.01. The average molecular weight is 326 g/mol. The van der Waals surface area contributed by atoms with Crippen molar-refractivity contribution >= 4 is 0 Å². The minimum Gasteiger partial charge on any atom is -0.369 e. The highest BCUT2D eigenvalue weighted by atomic mass is 16.5. The third-order valence-corrected chi connectivity index (χ3v) is 7.08. The fourth-order valence-electron chi connectivity index (χ4n) is 6.34. The Morgan fingerprint density at radius 1 is 1.00 bits per heavy atom. The van der Waals surface area contributed by atoms with Gasteiger partial charge in [-0.1, -0.05) is 12.2 Å². The van der Waals surface area contributed by atoms with Gasteiger partial charge in [-0.2, -0.15) is 0 Å². The summed E-state index contributed by atoms with van der Waals surface area (Å²) < 4.78 is 6.57. The topological polar surface area (TPSA) is 37.9 Å². The summed E-state index contributed by atoms with van der Waals surface area (Å²) in [6, 6.07) is 0. The number of allylic oxidation sites excluding steroid dienone is 2. The van der Waals surface area contributed by atoms with Crippen molar-refractivity contribution in [3.63, 3.8) is 0 Å². The van der Waals surface area contributed by atoms with Crippen LogP contribution in [0.15, 0.2) is 18.3 Å². The van der Waals surface area contributed by atoms with E-state index in [0.29, 0.717) is 5.92 Å². The largest absolute Gasteiger partial charge is 0.369 e. The summed E-state index contributed by atoms with van der Waals surface area (Å²) >= 11 is 0. The molecular weight excluding hydrogens is 296 g/mol. The summed E-state index contributed by atoms with van der Waals surface area (Å²) in [6.45, 7) is 0.726. The van der Waals surface area contributed by atoms with Crippen molar-refractivity contribution in [2.75, 3.05) is 0 Å². The molecule has 0 spiro atoms. The molecule has 0 amide bonds. The zero-order valence-electron chi connectivity index (χ0n) is 14.7. The number of aromatic nitrogens is 2. The van der Waals surface area contributed by atoms with Crippen LogP contribution in [-0.4, -0.2) is 15.6 Å². The Hall–Kier alpha value is -1.09. The van der Waals surface area contributed by atoms with E-state index in [1.54, 1.807) is 0 Å². The van der Waals surface area contributed by atoms with Gasteiger partial charge in [-0.3, -0.25) is 0 Å². The van der Waals surface area contributed by atoms with Crippen LogP contribution in [0.25, 0.3) is 0 Å². The van der Waals surface area contributed by atoms with Gasteiger partial charge in [-0.05, 0) is 82.0 Å². The Labute approximate surface area is 145 Å². The molecule has 1 aromatic rings. The monoisotopic (exact) mass is 326 g/mol. The van der Waals surface area contributed by atoms with Crippen LogP contribution in [0.3, 0.4) is 0 Å². The third-order valence-electron chi connectivity index (χ3n) is 7.08. The highest BCUT2D eigenvalue weighted by molar-refractivity contribution is 5.08. The lowest BCUT2D eigenvalue weighted by atomic mass is 9.54. The molecule has 0 atom stereocenters. The van der Waals surface area contributed by atoms with Crippen molar-refractivity contribution in [1.29, 1.82) is 0 Å². The van der Waals surface area contributed by atoms with Crippen molar-refractivity contribution in [2.24, 2.45) is 17.8 Å². The van der Waals surface area contributed by atoms with Crippen molar-refractivity contribution in [3.8, 4) is 0 Å². The quantitative estimate of drug-likeness (QED) is 0.781. The Balaban J connectivity index is 1.23. The lowest BCUT2D eigenvalue weighted by Crippen LogP contribution is -2.51. The molecule has 0 saturated heterocycles. The smallest absolute Gasteiger partial charge is 0.109 e. The first-order valence-electron chi connectivity index (χ1n) is 10.1. The minimum absolute atomic E-state index is 0.201. The van der Waals surface area contributed by atoms with Gasteiger partial charge >= 0.3 is 0 Å². The molecule has 4 fully saturated rings. The van der Waals surface area contributed by atoms with Crippen molar-refractivity contribution in [2.45, 2.75) is 82.3 Å². The fraction of sp³-hybridized carbons (Fsp3) is 0.762. The molecule has 24 heavy (non-hydrogen) atoms. The Bertz CT molecular complexity index is 572. The maximum Gasteiger partial charge on any atom is 0.109 e. The minimum atomic E-state index is 0.201. The molecule has 3 nitrogen and oxygen atoms in total. The lowest BCUT2D eigenvalue weighted by Gasteiger charge is -2.56. The van der Waals surface area contributed by atoms with Gasteiger partial charge in [0, 0.05) is 5.92 Å². The average Bonchev–Trinajstić information content (AvgIpc) is 2.86. The first-order valence-corrected chi connectivity index (χ1v) is 10.1. The molecule has 1 heterocycles. The van der Waals surface area contributed by atoms with Gasteiger partial charge in [0.15, 0.2) is 0 Å². The Morgan fingerprint density at radius 3 is 2.25 bits per heavy atom. The zero-order valence-corrected chi connectivity index (χ0v) is 14.7. The van der Waals surface area contributed by atoms with Crippen LogP contribution in [0.5, 0.6) is 0 Å². The van der Waals surface area contributed by atoms with Gasteiger partial charge in [0.2, 0.25) is 0 Å². The van der Waals surface area contributed by atoms with E-state index in [2.05, 4.69) is 22.1 Å². The molecule has 1 N–H and O–H groups in total. The summed E-state index contributed by atoms with van der Waals surface area (Å²) in [4.78, 5) is 8.26. The van der Waals surface area contributed by atoms with Crippen LogP contribution < -0.4 is 0 Å². The highest BCUT2D eigenvalue weighted by Crippen LogP contribution is 2.57. The SMILES string of the molecule is C1=CCCC(c2ncc(COC34CC5CC(CC(C5)C3)C4)[nH]2)CC1. The number of hydrogen-bond donors (Lipinski definition) is 1. The van der Waals surface area contributed by atoms with E-state index in [4.69, 9.17) is 4.74 Å². The number of imidazole rings is 1. The van der Waals surface area contributed by atoms with Gasteiger partial charge in [0.05, 0.1) is 24.1 Å². The van der Waals surface area contributed by atoms with Gasteiger partial charge in [0.25, 0.3) is 0 Å². The first-order chi connectivity index (χ1) is 11.8. The van der Waals surface area contributed by atoms with Crippen LogP contribution in [0.4, 0.5) is 0 Å². The zero-order chi connectivity index (χ0) is 16.0. The third kappa shape index (κ3) is 2.85. The number of rotatable bonds is 4. The predicted molar refractivity (Wildman–Crippen MR) is 94.6 cm³/mol. The van der Waals surface area contributed by atoms with Crippen molar-refractivity contribution in [1.82, 2.24) is 9.97 Å². The van der Waals surface area contributed by atoms with Crippen LogP contribution in [-0.2, 0) is 11.3 Å². The Kier molecular flexibility index (Phi) is 3.81. The molecule has 5 aliphatic carbocycles. The van der Waals surface area contributed by atoms with Gasteiger partial charge in [-0.15, -0.1) is 0 Å². The molecule has 0 aromatic carbocycles. The number of nitrogens with zero attached hydrogens (tertiary/aromatic N) is 1. The number of H-pyrrole nitrogens is 1. The molecule has 3 heteroatoms. The number of nitrogens with one attached hydrogen (secondary N) is 1. The van der Waals surface area contributed by atoms with Crippen molar-refractivity contribution < 1.29 is 4.74 Å². The van der Waals surface area contributed by atoms with E-state index in [9.17, 15) is 0 Å². The maximum absolute atomic E-state index is 6.57. The van der Waals surface area contributed by atoms with Crippen molar-refractivity contribution in [3.05, 3.63) is 29.9 Å². The fourth-order valence-corrected chi connectivity index (χ4v) is 6.34. The predicted octanol–water partition coefficient (Wildman–Crippen LogP) is 5.11. The molecule has 130 valence electrons. The van der Waals surface area contributed by atoms with Gasteiger partial charge in [0.1, 0.15) is 5.82 Å². The molecule has 0 radical (unpaired) electrons. The summed E-state index contributed by atoms with van der Waals surface area (Å²) in [5.41, 5.74) is 1.38. The summed E-state index contributed by atoms with van der Waals surface area (Å²) in [5, 5.41) is 0. The molecule has 0 aliphatic heterocycles. The molecule has 4 bridgehead atoms.